The summed E-state index contributed by atoms with van der Waals surface area (Å²) in [5.74, 6) is -0.491. The first kappa shape index (κ1) is 15.2. The van der Waals surface area contributed by atoms with E-state index in [1.807, 2.05) is 31.2 Å². The number of aryl methyl sites for hydroxylation is 1. The molecule has 0 aliphatic rings. The van der Waals surface area contributed by atoms with Crippen molar-refractivity contribution in [2.45, 2.75) is 39.5 Å². The molecule has 1 aromatic carbocycles. The normalized spacial score (nSPS) is 10.0. The van der Waals surface area contributed by atoms with Crippen molar-refractivity contribution in [2.24, 2.45) is 0 Å². The average molecular weight is 262 g/mol. The van der Waals surface area contributed by atoms with Gasteiger partial charge in [0.1, 0.15) is 6.42 Å². The number of unbranched alkanes of at least 4 members (excludes halogenated alkanes) is 1. The molecule has 19 heavy (non-hydrogen) atoms. The predicted octanol–water partition coefficient (Wildman–Crippen LogP) is 2.49. The third-order valence-corrected chi connectivity index (χ3v) is 2.85. The van der Waals surface area contributed by atoms with Gasteiger partial charge in [-0.15, -0.1) is 0 Å². The number of carbonyl (C=O) groups excluding carboxylic acids is 2. The summed E-state index contributed by atoms with van der Waals surface area (Å²) >= 11 is 0. The Labute approximate surface area is 114 Å². The van der Waals surface area contributed by atoms with Crippen molar-refractivity contribution in [2.75, 3.05) is 11.9 Å². The van der Waals surface area contributed by atoms with E-state index in [1.165, 1.54) is 0 Å². The zero-order valence-electron chi connectivity index (χ0n) is 11.7. The SMILES string of the molecule is CCCCNC(=O)CC(=O)Nc1ccccc1CC. The fraction of sp³-hybridized carbons (Fsp3) is 0.467. The first-order chi connectivity index (χ1) is 9.17. The smallest absolute Gasteiger partial charge is 0.233 e. The number of benzene rings is 1. The number of hydrogen-bond acceptors (Lipinski definition) is 2. The van der Waals surface area contributed by atoms with Gasteiger partial charge >= 0.3 is 0 Å². The minimum absolute atomic E-state index is 0.123. The van der Waals surface area contributed by atoms with Gasteiger partial charge < -0.3 is 10.6 Å². The van der Waals surface area contributed by atoms with E-state index in [4.69, 9.17) is 0 Å². The monoisotopic (exact) mass is 262 g/mol. The van der Waals surface area contributed by atoms with Gasteiger partial charge in [-0.2, -0.15) is 0 Å². The second-order valence-electron chi connectivity index (χ2n) is 4.44. The molecule has 0 aromatic heterocycles. The molecule has 0 aliphatic carbocycles. The van der Waals surface area contributed by atoms with Crippen molar-refractivity contribution in [1.82, 2.24) is 5.32 Å². The average Bonchev–Trinajstić information content (AvgIpc) is 2.39. The van der Waals surface area contributed by atoms with Crippen LogP contribution in [-0.4, -0.2) is 18.4 Å². The third kappa shape index (κ3) is 5.55. The van der Waals surface area contributed by atoms with Crippen LogP contribution in [0.4, 0.5) is 5.69 Å². The van der Waals surface area contributed by atoms with Crippen LogP contribution in [0.2, 0.25) is 0 Å². The first-order valence-electron chi connectivity index (χ1n) is 6.81. The van der Waals surface area contributed by atoms with E-state index in [9.17, 15) is 9.59 Å². The Bertz CT molecular complexity index is 430. The summed E-state index contributed by atoms with van der Waals surface area (Å²) in [5.41, 5.74) is 1.86. The van der Waals surface area contributed by atoms with Crippen LogP contribution in [0, 0.1) is 0 Å². The minimum atomic E-state index is -0.269. The van der Waals surface area contributed by atoms with Crippen LogP contribution in [0.3, 0.4) is 0 Å². The highest BCUT2D eigenvalue weighted by Crippen LogP contribution is 2.15. The molecule has 0 radical (unpaired) electrons. The molecule has 0 bridgehead atoms. The Hall–Kier alpha value is -1.84. The summed E-state index contributed by atoms with van der Waals surface area (Å²) in [4.78, 5) is 23.3. The van der Waals surface area contributed by atoms with Crippen LogP contribution in [0.25, 0.3) is 0 Å². The highest BCUT2D eigenvalue weighted by molar-refractivity contribution is 6.03. The molecule has 0 atom stereocenters. The molecule has 104 valence electrons. The predicted molar refractivity (Wildman–Crippen MR) is 77.0 cm³/mol. The Morgan fingerprint density at radius 3 is 2.53 bits per heavy atom. The van der Waals surface area contributed by atoms with E-state index < -0.39 is 0 Å². The van der Waals surface area contributed by atoms with Crippen LogP contribution in [-0.2, 0) is 16.0 Å². The molecule has 0 unspecified atom stereocenters. The Balaban J connectivity index is 2.44. The lowest BCUT2D eigenvalue weighted by Gasteiger charge is -2.09. The summed E-state index contributed by atoms with van der Waals surface area (Å²) in [7, 11) is 0. The third-order valence-electron chi connectivity index (χ3n) is 2.85. The van der Waals surface area contributed by atoms with Gasteiger partial charge in [-0.1, -0.05) is 38.5 Å². The van der Waals surface area contributed by atoms with E-state index in [0.717, 1.165) is 30.5 Å². The van der Waals surface area contributed by atoms with Crippen molar-refractivity contribution >= 4 is 17.5 Å². The molecule has 1 aromatic rings. The topological polar surface area (TPSA) is 58.2 Å². The van der Waals surface area contributed by atoms with Gasteiger partial charge in [-0.05, 0) is 24.5 Å². The lowest BCUT2D eigenvalue weighted by atomic mass is 10.1. The quantitative estimate of drug-likeness (QED) is 0.586. The van der Waals surface area contributed by atoms with Crippen molar-refractivity contribution in [1.29, 1.82) is 0 Å². The van der Waals surface area contributed by atoms with Gasteiger partial charge in [0.25, 0.3) is 0 Å². The standard InChI is InChI=1S/C15H22N2O2/c1-3-5-10-16-14(18)11-15(19)17-13-9-7-6-8-12(13)4-2/h6-9H,3-5,10-11H2,1-2H3,(H,16,18)(H,17,19). The molecular weight excluding hydrogens is 240 g/mol. The summed E-state index contributed by atoms with van der Waals surface area (Å²) in [6.45, 7) is 4.72. The molecule has 0 fully saturated rings. The number of amides is 2. The molecule has 0 saturated carbocycles. The minimum Gasteiger partial charge on any atom is -0.356 e. The van der Waals surface area contributed by atoms with Crippen LogP contribution >= 0.6 is 0 Å². The van der Waals surface area contributed by atoms with Crippen LogP contribution < -0.4 is 10.6 Å². The number of hydrogen-bond donors (Lipinski definition) is 2. The summed E-state index contributed by atoms with van der Waals surface area (Å²) in [6, 6.07) is 7.63. The molecule has 0 saturated heterocycles. The van der Waals surface area contributed by atoms with E-state index in [0.29, 0.717) is 6.54 Å². The van der Waals surface area contributed by atoms with Crippen molar-refractivity contribution in [3.8, 4) is 0 Å². The maximum atomic E-state index is 11.8. The first-order valence-corrected chi connectivity index (χ1v) is 6.81. The molecule has 4 nitrogen and oxygen atoms in total. The highest BCUT2D eigenvalue weighted by atomic mass is 16.2. The number of rotatable bonds is 7. The zero-order valence-corrected chi connectivity index (χ0v) is 11.7. The fourth-order valence-corrected chi connectivity index (χ4v) is 1.76. The number of carbonyl (C=O) groups is 2. The maximum absolute atomic E-state index is 11.8. The molecule has 0 heterocycles. The van der Waals surface area contributed by atoms with E-state index >= 15 is 0 Å². The van der Waals surface area contributed by atoms with Gasteiger partial charge in [0.15, 0.2) is 0 Å². The Kier molecular flexibility index (Phi) is 6.64. The molecule has 2 amide bonds. The second-order valence-corrected chi connectivity index (χ2v) is 4.44. The van der Waals surface area contributed by atoms with E-state index in [2.05, 4.69) is 17.6 Å². The van der Waals surface area contributed by atoms with Crippen molar-refractivity contribution in [3.05, 3.63) is 29.8 Å². The van der Waals surface area contributed by atoms with Gasteiger partial charge in [-0.3, -0.25) is 9.59 Å². The largest absolute Gasteiger partial charge is 0.356 e. The van der Waals surface area contributed by atoms with Gasteiger partial charge in [0.05, 0.1) is 0 Å². The van der Waals surface area contributed by atoms with Gasteiger partial charge in [0.2, 0.25) is 11.8 Å². The Morgan fingerprint density at radius 2 is 1.84 bits per heavy atom. The van der Waals surface area contributed by atoms with Crippen molar-refractivity contribution < 1.29 is 9.59 Å². The lowest BCUT2D eigenvalue weighted by Crippen LogP contribution is -2.29. The maximum Gasteiger partial charge on any atom is 0.233 e. The number of nitrogens with one attached hydrogen (secondary N) is 2. The molecule has 2 N–H and O–H groups in total. The van der Waals surface area contributed by atoms with E-state index in [1.54, 1.807) is 0 Å². The Morgan fingerprint density at radius 1 is 1.11 bits per heavy atom. The summed E-state index contributed by atoms with van der Waals surface area (Å²) in [5, 5.41) is 5.51. The molecule has 4 heteroatoms. The number of anilines is 1. The zero-order chi connectivity index (χ0) is 14.1. The van der Waals surface area contributed by atoms with Crippen LogP contribution in [0.1, 0.15) is 38.7 Å². The molecule has 1 rings (SSSR count). The van der Waals surface area contributed by atoms with Crippen LogP contribution in [0.15, 0.2) is 24.3 Å². The van der Waals surface area contributed by atoms with Crippen LogP contribution in [0.5, 0.6) is 0 Å². The second kappa shape index (κ2) is 8.29. The van der Waals surface area contributed by atoms with Gasteiger partial charge in [-0.25, -0.2) is 0 Å². The molecule has 0 spiro atoms. The van der Waals surface area contributed by atoms with E-state index in [-0.39, 0.29) is 18.2 Å². The summed E-state index contributed by atoms with van der Waals surface area (Å²) < 4.78 is 0. The number of para-hydroxylation sites is 1. The molecular formula is C15H22N2O2. The summed E-state index contributed by atoms with van der Waals surface area (Å²) in [6.07, 6.45) is 2.68. The molecule has 0 aliphatic heterocycles. The lowest BCUT2D eigenvalue weighted by molar-refractivity contribution is -0.126. The van der Waals surface area contributed by atoms with Crippen molar-refractivity contribution in [3.63, 3.8) is 0 Å². The fourth-order valence-electron chi connectivity index (χ4n) is 1.76. The van der Waals surface area contributed by atoms with Gasteiger partial charge in [0, 0.05) is 12.2 Å². The highest BCUT2D eigenvalue weighted by Gasteiger charge is 2.10.